The fraction of sp³-hybridized carbons (Fsp3) is 0.636. The fourth-order valence-electron chi connectivity index (χ4n) is 4.61. The van der Waals surface area contributed by atoms with Gasteiger partial charge in [-0.1, -0.05) is 37.5 Å². The van der Waals surface area contributed by atoms with Crippen LogP contribution in [0.4, 0.5) is 5.69 Å². The lowest BCUT2D eigenvalue weighted by atomic mass is 9.74. The van der Waals surface area contributed by atoms with Crippen LogP contribution in [0.3, 0.4) is 0 Å². The average molecular weight is 372 g/mol. The Bertz CT molecular complexity index is 689. The Morgan fingerprint density at radius 3 is 2.52 bits per heavy atom. The topological polar surface area (TPSA) is 75.4 Å². The number of benzene rings is 1. The molecule has 0 bridgehead atoms. The quantitative estimate of drug-likeness (QED) is 0.856. The molecule has 5 heteroatoms. The van der Waals surface area contributed by atoms with Crippen molar-refractivity contribution in [1.82, 2.24) is 5.32 Å². The summed E-state index contributed by atoms with van der Waals surface area (Å²) < 4.78 is 0. The summed E-state index contributed by atoms with van der Waals surface area (Å²) in [6, 6.07) is 7.49. The van der Waals surface area contributed by atoms with Gasteiger partial charge in [0.15, 0.2) is 0 Å². The minimum absolute atomic E-state index is 0.0121. The minimum Gasteiger partial charge on any atom is -0.350 e. The van der Waals surface area contributed by atoms with Crippen molar-refractivity contribution in [3.63, 3.8) is 0 Å². The highest BCUT2D eigenvalue weighted by molar-refractivity contribution is 6.02. The largest absolute Gasteiger partial charge is 0.350 e. The number of rotatable bonds is 3. The maximum atomic E-state index is 13.1. The Labute approximate surface area is 162 Å². The molecule has 0 aromatic heterocycles. The summed E-state index contributed by atoms with van der Waals surface area (Å²) in [5.74, 6) is 0.553. The van der Waals surface area contributed by atoms with Crippen LogP contribution in [-0.4, -0.2) is 29.9 Å². The van der Waals surface area contributed by atoms with E-state index in [1.54, 1.807) is 4.90 Å². The van der Waals surface area contributed by atoms with Gasteiger partial charge in [-0.15, -0.1) is 0 Å². The van der Waals surface area contributed by atoms with Gasteiger partial charge < -0.3 is 16.0 Å². The van der Waals surface area contributed by atoms with Crippen molar-refractivity contribution in [1.29, 1.82) is 0 Å². The van der Waals surface area contributed by atoms with Crippen LogP contribution < -0.4 is 16.0 Å². The van der Waals surface area contributed by atoms with Crippen molar-refractivity contribution in [3.05, 3.63) is 29.8 Å². The molecule has 1 aromatic carbocycles. The highest BCUT2D eigenvalue weighted by Gasteiger charge is 2.37. The van der Waals surface area contributed by atoms with Gasteiger partial charge >= 0.3 is 0 Å². The van der Waals surface area contributed by atoms with Crippen LogP contribution in [-0.2, 0) is 9.59 Å². The van der Waals surface area contributed by atoms with Gasteiger partial charge in [-0.3, -0.25) is 9.59 Å². The number of fused-ring (bicyclic) bond motifs is 1. The number of nitrogens with two attached hydrogens (primary N) is 1. The zero-order valence-electron chi connectivity index (χ0n) is 16.8. The Balaban J connectivity index is 1.92. The number of hydrogen-bond acceptors (Lipinski definition) is 3. The first-order chi connectivity index (χ1) is 12.8. The summed E-state index contributed by atoms with van der Waals surface area (Å²) in [4.78, 5) is 27.2. The van der Waals surface area contributed by atoms with Gasteiger partial charge in [0, 0.05) is 11.2 Å². The van der Waals surface area contributed by atoms with E-state index in [0.717, 1.165) is 5.69 Å². The fourth-order valence-corrected chi connectivity index (χ4v) is 4.61. The maximum absolute atomic E-state index is 13.1. The van der Waals surface area contributed by atoms with Crippen molar-refractivity contribution in [3.8, 4) is 0 Å². The van der Waals surface area contributed by atoms with Gasteiger partial charge in [0.05, 0.1) is 6.04 Å². The molecule has 1 heterocycles. The molecule has 3 rings (SSSR count). The molecule has 0 saturated heterocycles. The number of para-hydroxylation sites is 1. The molecule has 148 valence electrons. The summed E-state index contributed by atoms with van der Waals surface area (Å²) in [6.07, 6.45) is 6.87. The molecule has 5 nitrogen and oxygen atoms in total. The van der Waals surface area contributed by atoms with Crippen LogP contribution in [0.2, 0.25) is 0 Å². The lowest BCUT2D eigenvalue weighted by Crippen LogP contribution is -2.50. The van der Waals surface area contributed by atoms with E-state index in [9.17, 15) is 9.59 Å². The second-order valence-electron chi connectivity index (χ2n) is 9.13. The Kier molecular flexibility index (Phi) is 5.89. The zero-order chi connectivity index (χ0) is 19.6. The number of anilines is 1. The number of nitrogens with one attached hydrogen (secondary N) is 1. The van der Waals surface area contributed by atoms with Crippen LogP contribution in [0.5, 0.6) is 0 Å². The van der Waals surface area contributed by atoms with E-state index in [1.165, 1.54) is 37.7 Å². The summed E-state index contributed by atoms with van der Waals surface area (Å²) in [5, 5.41) is 2.95. The molecule has 3 N–H and O–H groups in total. The predicted octanol–water partition coefficient (Wildman–Crippen LogP) is 3.33. The van der Waals surface area contributed by atoms with Crippen molar-refractivity contribution >= 4 is 17.5 Å². The molecule has 2 aliphatic rings. The van der Waals surface area contributed by atoms with Crippen LogP contribution in [0.25, 0.3) is 0 Å². The lowest BCUT2D eigenvalue weighted by Gasteiger charge is -2.31. The second kappa shape index (κ2) is 8.01. The molecule has 1 aliphatic heterocycles. The van der Waals surface area contributed by atoms with Crippen LogP contribution in [0.1, 0.15) is 70.8 Å². The number of nitrogens with zero attached hydrogens (tertiary/aromatic N) is 1. The Morgan fingerprint density at radius 1 is 1.19 bits per heavy atom. The molecule has 1 fully saturated rings. The number of amides is 2. The van der Waals surface area contributed by atoms with E-state index in [0.29, 0.717) is 12.3 Å². The Morgan fingerprint density at radius 2 is 1.85 bits per heavy atom. The third-order valence-electron chi connectivity index (χ3n) is 5.75. The van der Waals surface area contributed by atoms with Gasteiger partial charge in [0.2, 0.25) is 11.8 Å². The normalized spacial score (nSPS) is 24.3. The number of hydrogen-bond donors (Lipinski definition) is 2. The SMILES string of the molecule is CC(C)(C)NC(=O)CN1C(=O)C(N)CC(C2CCCCC2)c2ccccc21. The van der Waals surface area contributed by atoms with Crippen molar-refractivity contribution in [2.24, 2.45) is 11.7 Å². The predicted molar refractivity (Wildman–Crippen MR) is 109 cm³/mol. The van der Waals surface area contributed by atoms with E-state index >= 15 is 0 Å². The number of carbonyl (C=O) groups excluding carboxylic acids is 2. The van der Waals surface area contributed by atoms with E-state index < -0.39 is 6.04 Å². The van der Waals surface area contributed by atoms with Crippen molar-refractivity contribution in [2.75, 3.05) is 11.4 Å². The maximum Gasteiger partial charge on any atom is 0.244 e. The van der Waals surface area contributed by atoms with Gasteiger partial charge in [-0.25, -0.2) is 0 Å². The second-order valence-corrected chi connectivity index (χ2v) is 9.13. The van der Waals surface area contributed by atoms with E-state index in [4.69, 9.17) is 5.73 Å². The summed E-state index contributed by atoms with van der Waals surface area (Å²) in [5.41, 5.74) is 8.02. The molecule has 0 radical (unpaired) electrons. The van der Waals surface area contributed by atoms with Crippen molar-refractivity contribution < 1.29 is 9.59 Å². The highest BCUT2D eigenvalue weighted by Crippen LogP contribution is 2.44. The molecule has 27 heavy (non-hydrogen) atoms. The molecule has 1 aromatic rings. The van der Waals surface area contributed by atoms with Crippen molar-refractivity contribution in [2.45, 2.75) is 76.8 Å². The first kappa shape index (κ1) is 19.9. The van der Waals surface area contributed by atoms with Crippen LogP contribution in [0, 0.1) is 5.92 Å². The average Bonchev–Trinajstić information content (AvgIpc) is 2.72. The summed E-state index contributed by atoms with van der Waals surface area (Å²) >= 11 is 0. The van der Waals surface area contributed by atoms with E-state index in [2.05, 4.69) is 11.4 Å². The molecule has 2 atom stereocenters. The Hall–Kier alpha value is -1.88. The number of carbonyl (C=O) groups is 2. The molecule has 1 aliphatic carbocycles. The molecular weight excluding hydrogens is 338 g/mol. The third kappa shape index (κ3) is 4.70. The monoisotopic (exact) mass is 371 g/mol. The molecule has 2 amide bonds. The third-order valence-corrected chi connectivity index (χ3v) is 5.75. The standard InChI is InChI=1S/C22H33N3O2/c1-22(2,3)24-20(26)14-25-19-12-8-7-11-16(19)17(13-18(23)21(25)27)15-9-5-4-6-10-15/h7-8,11-12,15,17-18H,4-6,9-10,13-14,23H2,1-3H3,(H,24,26). The van der Waals surface area contributed by atoms with Gasteiger partial charge in [0.1, 0.15) is 6.54 Å². The van der Waals surface area contributed by atoms with Gasteiger partial charge in [-0.05, 0) is 63.5 Å². The first-order valence-electron chi connectivity index (χ1n) is 10.2. The minimum atomic E-state index is -0.563. The van der Waals surface area contributed by atoms with E-state index in [-0.39, 0.29) is 29.8 Å². The molecule has 1 saturated carbocycles. The first-order valence-corrected chi connectivity index (χ1v) is 10.2. The zero-order valence-corrected chi connectivity index (χ0v) is 16.8. The molecular formula is C22H33N3O2. The van der Waals surface area contributed by atoms with E-state index in [1.807, 2.05) is 39.0 Å². The lowest BCUT2D eigenvalue weighted by molar-refractivity contribution is -0.125. The summed E-state index contributed by atoms with van der Waals surface area (Å²) in [7, 11) is 0. The summed E-state index contributed by atoms with van der Waals surface area (Å²) in [6.45, 7) is 5.83. The smallest absolute Gasteiger partial charge is 0.244 e. The molecule has 0 spiro atoms. The molecule has 2 unspecified atom stereocenters. The van der Waals surface area contributed by atoms with Gasteiger partial charge in [-0.2, -0.15) is 0 Å². The highest BCUT2D eigenvalue weighted by atomic mass is 16.2. The van der Waals surface area contributed by atoms with Gasteiger partial charge in [0.25, 0.3) is 0 Å². The van der Waals surface area contributed by atoms with Crippen LogP contribution in [0.15, 0.2) is 24.3 Å². The van der Waals surface area contributed by atoms with Crippen LogP contribution >= 0.6 is 0 Å².